The summed E-state index contributed by atoms with van der Waals surface area (Å²) in [5, 5.41) is 65.5. The summed E-state index contributed by atoms with van der Waals surface area (Å²) in [7, 11) is 0. The predicted molar refractivity (Wildman–Crippen MR) is 196 cm³/mol. The first-order valence-electron chi connectivity index (χ1n) is 17.3. The van der Waals surface area contributed by atoms with Gasteiger partial charge in [0.2, 0.25) is 11.8 Å². The maximum atomic E-state index is 12.9. The molecule has 8 N–H and O–H groups in total. The molecule has 0 unspecified atom stereocenters. The Labute approximate surface area is 317 Å². The van der Waals surface area contributed by atoms with E-state index in [1.165, 1.54) is 12.2 Å². The summed E-state index contributed by atoms with van der Waals surface area (Å²) in [6.07, 6.45) is 2.71. The monoisotopic (exact) mass is 768 g/mol. The number of rotatable bonds is 23. The Kier molecular flexibility index (Phi) is 17.4. The standard InChI is InChI=1S/C38H48N4O13/c1-36(33(47)48,21-9-11-23-41(54)31(45)19-17-27-13-5-3-6-14-27)39-29(43)25-38(53,35(51)52)26-30(44)40-37(2,34(49)50)22-10-12-24-42(55)32(46)20-18-28-15-7-4-8-16-28/h3-8,13-20,53-55H,9-12,21-26H2,1-2H3,(H,39,43)(H,40,44)(H,47,48)(H,49,50)(H,51,52)/b19-17+,20-18+/t36-,37-/m0/s1. The number of unbranched alkanes of at least 4 members (excludes halogenated alkanes) is 2. The van der Waals surface area contributed by atoms with E-state index in [0.717, 1.165) is 37.1 Å². The lowest BCUT2D eigenvalue weighted by molar-refractivity contribution is -0.165. The zero-order chi connectivity index (χ0) is 41.2. The number of benzene rings is 2. The molecule has 0 aromatic heterocycles. The fraction of sp³-hybridized carbons (Fsp3) is 0.395. The second-order valence-electron chi connectivity index (χ2n) is 13.4. The van der Waals surface area contributed by atoms with Crippen molar-refractivity contribution in [3.05, 3.63) is 83.9 Å². The zero-order valence-electron chi connectivity index (χ0n) is 30.6. The Bertz CT molecular complexity index is 1600. The molecule has 0 heterocycles. The van der Waals surface area contributed by atoms with Crippen LogP contribution in [0.15, 0.2) is 72.8 Å². The Hall–Kier alpha value is -5.91. The van der Waals surface area contributed by atoms with Crippen molar-refractivity contribution in [2.45, 2.75) is 81.9 Å². The van der Waals surface area contributed by atoms with E-state index in [1.54, 1.807) is 60.7 Å². The van der Waals surface area contributed by atoms with Gasteiger partial charge in [-0.2, -0.15) is 0 Å². The molecule has 2 aromatic rings. The van der Waals surface area contributed by atoms with Gasteiger partial charge in [0.05, 0.1) is 12.8 Å². The first-order chi connectivity index (χ1) is 25.8. The highest BCUT2D eigenvalue weighted by Crippen LogP contribution is 2.22. The minimum atomic E-state index is -3.07. The quantitative estimate of drug-likeness (QED) is 0.0350. The molecule has 0 fully saturated rings. The molecule has 0 aliphatic carbocycles. The molecule has 0 aliphatic rings. The molecule has 17 nitrogen and oxygen atoms in total. The van der Waals surface area contributed by atoms with Crippen LogP contribution in [0.1, 0.15) is 76.3 Å². The average Bonchev–Trinajstić information content (AvgIpc) is 3.13. The van der Waals surface area contributed by atoms with E-state index in [9.17, 15) is 64.4 Å². The van der Waals surface area contributed by atoms with Crippen molar-refractivity contribution in [2.24, 2.45) is 0 Å². The van der Waals surface area contributed by atoms with Gasteiger partial charge in [-0.3, -0.25) is 29.6 Å². The van der Waals surface area contributed by atoms with Crippen molar-refractivity contribution in [1.29, 1.82) is 0 Å². The maximum Gasteiger partial charge on any atom is 0.336 e. The molecular formula is C38H48N4O13. The normalized spacial score (nSPS) is 13.7. The van der Waals surface area contributed by atoms with Crippen LogP contribution in [0.2, 0.25) is 0 Å². The predicted octanol–water partition coefficient (Wildman–Crippen LogP) is 2.70. The van der Waals surface area contributed by atoms with E-state index < -0.39 is 71.1 Å². The molecule has 0 bridgehead atoms. The zero-order valence-corrected chi connectivity index (χ0v) is 30.6. The van der Waals surface area contributed by atoms with Crippen LogP contribution in [-0.4, -0.2) is 112 Å². The topological polar surface area (TPSA) is 271 Å². The van der Waals surface area contributed by atoms with Crippen LogP contribution in [0.3, 0.4) is 0 Å². The van der Waals surface area contributed by atoms with Crippen molar-refractivity contribution in [3.8, 4) is 0 Å². The van der Waals surface area contributed by atoms with Gasteiger partial charge in [0.25, 0.3) is 11.8 Å². The van der Waals surface area contributed by atoms with Crippen LogP contribution in [-0.2, 0) is 33.6 Å². The molecule has 298 valence electrons. The minimum absolute atomic E-state index is 0.0765. The SMILES string of the molecule is C[C@@](CCCCN(O)C(=O)/C=C/c1ccccc1)(NC(=O)CC(O)(CC(=O)N[C@@](C)(CCCCN(O)C(=O)/C=C/c1ccccc1)C(=O)O)C(=O)O)C(=O)O. The van der Waals surface area contributed by atoms with Crippen LogP contribution < -0.4 is 10.6 Å². The number of carboxylic acids is 3. The lowest BCUT2D eigenvalue weighted by Gasteiger charge is -2.30. The lowest BCUT2D eigenvalue weighted by Crippen LogP contribution is -2.57. The summed E-state index contributed by atoms with van der Waals surface area (Å²) >= 11 is 0. The van der Waals surface area contributed by atoms with Crippen LogP contribution in [0.25, 0.3) is 12.2 Å². The van der Waals surface area contributed by atoms with Gasteiger partial charge in [0, 0.05) is 25.2 Å². The molecule has 2 aromatic carbocycles. The first kappa shape index (κ1) is 45.2. The number of aliphatic hydroxyl groups is 1. The molecule has 4 amide bonds. The molecule has 2 atom stereocenters. The lowest BCUT2D eigenvalue weighted by atomic mass is 9.90. The summed E-state index contributed by atoms with van der Waals surface area (Å²) in [5.41, 5.74) is -5.57. The van der Waals surface area contributed by atoms with E-state index >= 15 is 0 Å². The van der Waals surface area contributed by atoms with Crippen molar-refractivity contribution in [3.63, 3.8) is 0 Å². The summed E-state index contributed by atoms with van der Waals surface area (Å²) in [6, 6.07) is 17.7. The van der Waals surface area contributed by atoms with E-state index in [2.05, 4.69) is 10.6 Å². The highest BCUT2D eigenvalue weighted by molar-refractivity contribution is 5.95. The van der Waals surface area contributed by atoms with E-state index in [4.69, 9.17) is 0 Å². The summed E-state index contributed by atoms with van der Waals surface area (Å²) in [5.74, 6) is -8.92. The third-order valence-corrected chi connectivity index (χ3v) is 8.62. The van der Waals surface area contributed by atoms with Crippen molar-refractivity contribution < 1.29 is 64.4 Å². The number of hydrogen-bond donors (Lipinski definition) is 8. The van der Waals surface area contributed by atoms with Crippen molar-refractivity contribution >= 4 is 53.7 Å². The van der Waals surface area contributed by atoms with Crippen molar-refractivity contribution in [1.82, 2.24) is 20.8 Å². The van der Waals surface area contributed by atoms with Crippen LogP contribution >= 0.6 is 0 Å². The van der Waals surface area contributed by atoms with Gasteiger partial charge in [-0.05, 0) is 75.7 Å². The van der Waals surface area contributed by atoms with Gasteiger partial charge < -0.3 is 31.1 Å². The van der Waals surface area contributed by atoms with E-state index in [1.807, 2.05) is 0 Å². The maximum absolute atomic E-state index is 12.9. The molecule has 0 radical (unpaired) electrons. The number of carboxylic acid groups (broad SMARTS) is 3. The fourth-order valence-corrected chi connectivity index (χ4v) is 5.23. The summed E-state index contributed by atoms with van der Waals surface area (Å²) < 4.78 is 0. The fourth-order valence-electron chi connectivity index (χ4n) is 5.23. The Morgan fingerprint density at radius 2 is 0.927 bits per heavy atom. The summed E-state index contributed by atoms with van der Waals surface area (Å²) in [4.78, 5) is 86.4. The van der Waals surface area contributed by atoms with E-state index in [0.29, 0.717) is 10.1 Å². The second-order valence-corrected chi connectivity index (χ2v) is 13.4. The molecule has 0 saturated carbocycles. The third kappa shape index (κ3) is 15.2. The number of carbonyl (C=O) groups excluding carboxylic acids is 4. The molecular weight excluding hydrogens is 720 g/mol. The Morgan fingerprint density at radius 3 is 1.24 bits per heavy atom. The highest BCUT2D eigenvalue weighted by atomic mass is 16.5. The number of carbonyl (C=O) groups is 7. The smallest absolute Gasteiger partial charge is 0.336 e. The molecule has 55 heavy (non-hydrogen) atoms. The largest absolute Gasteiger partial charge is 0.480 e. The van der Waals surface area contributed by atoms with Gasteiger partial charge in [0.15, 0.2) is 5.60 Å². The minimum Gasteiger partial charge on any atom is -0.480 e. The first-order valence-corrected chi connectivity index (χ1v) is 17.3. The Morgan fingerprint density at radius 1 is 0.582 bits per heavy atom. The van der Waals surface area contributed by atoms with Gasteiger partial charge in [-0.15, -0.1) is 0 Å². The molecule has 0 spiro atoms. The average molecular weight is 769 g/mol. The molecule has 0 aliphatic heterocycles. The third-order valence-electron chi connectivity index (χ3n) is 8.62. The van der Waals surface area contributed by atoms with Gasteiger partial charge in [-0.25, -0.2) is 24.5 Å². The van der Waals surface area contributed by atoms with Crippen LogP contribution in [0.4, 0.5) is 0 Å². The second kappa shape index (κ2) is 21.1. The number of hydroxylamine groups is 4. The number of nitrogens with one attached hydrogen (secondary N) is 2. The molecule has 17 heteroatoms. The van der Waals surface area contributed by atoms with Crippen LogP contribution in [0.5, 0.6) is 0 Å². The number of aliphatic carboxylic acids is 3. The highest BCUT2D eigenvalue weighted by Gasteiger charge is 2.45. The number of nitrogens with zero attached hydrogens (tertiary/aromatic N) is 2. The summed E-state index contributed by atoms with van der Waals surface area (Å²) in [6.45, 7) is 1.93. The van der Waals surface area contributed by atoms with Crippen molar-refractivity contribution in [2.75, 3.05) is 13.1 Å². The molecule has 2 rings (SSSR count). The molecule has 0 saturated heterocycles. The van der Waals surface area contributed by atoms with E-state index in [-0.39, 0.29) is 51.6 Å². The van der Waals surface area contributed by atoms with Gasteiger partial charge in [0.1, 0.15) is 11.1 Å². The Balaban J connectivity index is 1.91. The van der Waals surface area contributed by atoms with Crippen LogP contribution in [0, 0.1) is 0 Å². The number of amides is 4. The van der Waals surface area contributed by atoms with Gasteiger partial charge >= 0.3 is 17.9 Å². The van der Waals surface area contributed by atoms with Gasteiger partial charge in [-0.1, -0.05) is 60.7 Å². The number of hydrogen-bond acceptors (Lipinski definition) is 10.